The average molecular weight is 428 g/mol. The number of ether oxygens (including phenoxy) is 2. The zero-order valence-electron chi connectivity index (χ0n) is 18.4. The second-order valence-electron chi connectivity index (χ2n) is 8.93. The van der Waals surface area contributed by atoms with Gasteiger partial charge in [0.2, 0.25) is 0 Å². The quantitative estimate of drug-likeness (QED) is 0.547. The van der Waals surface area contributed by atoms with Crippen LogP contribution < -0.4 is 9.47 Å². The third kappa shape index (κ3) is 4.42. The predicted octanol–water partition coefficient (Wildman–Crippen LogP) is 5.39. The van der Waals surface area contributed by atoms with E-state index in [1.807, 2.05) is 54.6 Å². The minimum Gasteiger partial charge on any atom is -0.485 e. The summed E-state index contributed by atoms with van der Waals surface area (Å²) in [5.74, 6) is 2.06. The second-order valence-corrected chi connectivity index (χ2v) is 8.93. The van der Waals surface area contributed by atoms with E-state index in [4.69, 9.17) is 9.47 Å². The summed E-state index contributed by atoms with van der Waals surface area (Å²) < 4.78 is 12.7. The van der Waals surface area contributed by atoms with E-state index >= 15 is 0 Å². The Labute approximate surface area is 189 Å². The minimum atomic E-state index is -0.537. The molecule has 0 N–H and O–H groups in total. The SMILES string of the molecule is CN1CCCC(C(Oc2ccc3c(c2)CC(=O)C(c2ccccc2)O3)c2ccccc2)C1. The van der Waals surface area contributed by atoms with E-state index in [2.05, 4.69) is 36.2 Å². The molecule has 1 fully saturated rings. The molecular formula is C28H29NO3. The summed E-state index contributed by atoms with van der Waals surface area (Å²) in [6, 6.07) is 26.1. The number of fused-ring (bicyclic) bond motifs is 1. The molecule has 164 valence electrons. The van der Waals surface area contributed by atoms with Gasteiger partial charge in [-0.1, -0.05) is 60.7 Å². The van der Waals surface area contributed by atoms with Gasteiger partial charge < -0.3 is 14.4 Å². The Hall–Kier alpha value is -3.11. The van der Waals surface area contributed by atoms with Crippen LogP contribution in [-0.2, 0) is 11.2 Å². The van der Waals surface area contributed by atoms with Gasteiger partial charge in [0.25, 0.3) is 0 Å². The number of hydrogen-bond donors (Lipinski definition) is 0. The molecule has 3 aromatic carbocycles. The topological polar surface area (TPSA) is 38.8 Å². The summed E-state index contributed by atoms with van der Waals surface area (Å²) in [5, 5.41) is 0. The molecule has 32 heavy (non-hydrogen) atoms. The standard InChI is InChI=1S/C28H29NO3/c1-29-16-8-13-22(19-29)27(20-9-4-2-5-10-20)31-24-14-15-26-23(17-24)18-25(30)28(32-26)21-11-6-3-7-12-21/h2-7,9-12,14-15,17,22,27-28H,8,13,16,18-19H2,1H3. The van der Waals surface area contributed by atoms with Crippen molar-refractivity contribution < 1.29 is 14.3 Å². The van der Waals surface area contributed by atoms with Crippen LogP contribution >= 0.6 is 0 Å². The van der Waals surface area contributed by atoms with Crippen LogP contribution in [-0.4, -0.2) is 30.8 Å². The number of carbonyl (C=O) groups is 1. The van der Waals surface area contributed by atoms with E-state index in [-0.39, 0.29) is 11.9 Å². The minimum absolute atomic E-state index is 0.0192. The van der Waals surface area contributed by atoms with Crippen molar-refractivity contribution in [2.24, 2.45) is 5.92 Å². The Bertz CT molecular complexity index is 1070. The van der Waals surface area contributed by atoms with Gasteiger partial charge in [-0.2, -0.15) is 0 Å². The second kappa shape index (κ2) is 9.17. The number of nitrogens with zero attached hydrogens (tertiary/aromatic N) is 1. The number of ketones is 1. The third-order valence-corrected chi connectivity index (χ3v) is 6.52. The van der Waals surface area contributed by atoms with Crippen molar-refractivity contribution >= 4 is 5.78 Å². The maximum Gasteiger partial charge on any atom is 0.182 e. The summed E-state index contributed by atoms with van der Waals surface area (Å²) in [5.41, 5.74) is 2.99. The van der Waals surface area contributed by atoms with Gasteiger partial charge in [0, 0.05) is 24.4 Å². The fourth-order valence-electron chi connectivity index (χ4n) is 4.92. The Kier molecular flexibility index (Phi) is 5.95. The number of piperidine rings is 1. The van der Waals surface area contributed by atoms with Crippen LogP contribution in [0, 0.1) is 5.92 Å². The molecule has 3 atom stereocenters. The Morgan fingerprint density at radius 1 is 1.00 bits per heavy atom. The number of benzene rings is 3. The molecule has 0 amide bonds. The maximum atomic E-state index is 12.8. The van der Waals surface area contributed by atoms with Crippen molar-refractivity contribution in [3.63, 3.8) is 0 Å². The first-order valence-corrected chi connectivity index (χ1v) is 11.4. The van der Waals surface area contributed by atoms with Gasteiger partial charge in [-0.15, -0.1) is 0 Å². The molecular weight excluding hydrogens is 398 g/mol. The number of carbonyl (C=O) groups excluding carboxylic acids is 1. The third-order valence-electron chi connectivity index (χ3n) is 6.52. The molecule has 5 rings (SSSR count). The lowest BCUT2D eigenvalue weighted by Crippen LogP contribution is -2.36. The molecule has 2 aliphatic rings. The lowest BCUT2D eigenvalue weighted by atomic mass is 9.88. The lowest BCUT2D eigenvalue weighted by Gasteiger charge is -2.35. The Balaban J connectivity index is 1.39. The van der Waals surface area contributed by atoms with E-state index in [0.29, 0.717) is 12.3 Å². The molecule has 4 heteroatoms. The zero-order chi connectivity index (χ0) is 21.9. The molecule has 0 saturated carbocycles. The molecule has 2 aliphatic heterocycles. The fraction of sp³-hybridized carbons (Fsp3) is 0.321. The Morgan fingerprint density at radius 3 is 2.50 bits per heavy atom. The molecule has 0 bridgehead atoms. The van der Waals surface area contributed by atoms with Gasteiger partial charge in [0.05, 0.1) is 0 Å². The summed E-state index contributed by atoms with van der Waals surface area (Å²) >= 11 is 0. The lowest BCUT2D eigenvalue weighted by molar-refractivity contribution is -0.126. The summed E-state index contributed by atoms with van der Waals surface area (Å²) in [4.78, 5) is 15.2. The van der Waals surface area contributed by atoms with Crippen LogP contribution in [0.5, 0.6) is 11.5 Å². The molecule has 0 radical (unpaired) electrons. The van der Waals surface area contributed by atoms with Gasteiger partial charge in [-0.3, -0.25) is 4.79 Å². The molecule has 0 spiro atoms. The highest BCUT2D eigenvalue weighted by Gasteiger charge is 2.31. The van der Waals surface area contributed by atoms with Gasteiger partial charge in [0.15, 0.2) is 11.9 Å². The van der Waals surface area contributed by atoms with E-state index in [9.17, 15) is 4.79 Å². The van der Waals surface area contributed by atoms with Crippen LogP contribution in [0.3, 0.4) is 0 Å². The smallest absolute Gasteiger partial charge is 0.182 e. The molecule has 0 aromatic heterocycles. The van der Waals surface area contributed by atoms with E-state index in [0.717, 1.165) is 42.1 Å². The first-order chi connectivity index (χ1) is 15.7. The van der Waals surface area contributed by atoms with Gasteiger partial charge in [-0.05, 0) is 55.8 Å². The van der Waals surface area contributed by atoms with E-state index in [1.165, 1.54) is 12.0 Å². The molecule has 3 aromatic rings. The number of hydrogen-bond acceptors (Lipinski definition) is 4. The van der Waals surface area contributed by atoms with Crippen LogP contribution in [0.4, 0.5) is 0 Å². The zero-order valence-corrected chi connectivity index (χ0v) is 18.4. The van der Waals surface area contributed by atoms with Crippen molar-refractivity contribution in [1.29, 1.82) is 0 Å². The molecule has 2 heterocycles. The Morgan fingerprint density at radius 2 is 1.75 bits per heavy atom. The van der Waals surface area contributed by atoms with Crippen molar-refractivity contribution in [3.05, 3.63) is 95.6 Å². The molecule has 4 nitrogen and oxygen atoms in total. The van der Waals surface area contributed by atoms with Crippen molar-refractivity contribution in [2.75, 3.05) is 20.1 Å². The van der Waals surface area contributed by atoms with Crippen LogP contribution in [0.25, 0.3) is 0 Å². The van der Waals surface area contributed by atoms with Gasteiger partial charge in [-0.25, -0.2) is 0 Å². The molecule has 0 aliphatic carbocycles. The highest BCUT2D eigenvalue weighted by Crippen LogP contribution is 2.38. The highest BCUT2D eigenvalue weighted by atomic mass is 16.5. The summed E-state index contributed by atoms with van der Waals surface area (Å²) in [6.07, 6.45) is 2.13. The predicted molar refractivity (Wildman–Crippen MR) is 125 cm³/mol. The first kappa shape index (κ1) is 20.8. The maximum absolute atomic E-state index is 12.8. The van der Waals surface area contributed by atoms with Crippen LogP contribution in [0.15, 0.2) is 78.9 Å². The molecule has 1 saturated heterocycles. The largest absolute Gasteiger partial charge is 0.485 e. The summed E-state index contributed by atoms with van der Waals surface area (Å²) in [6.45, 7) is 2.16. The first-order valence-electron chi connectivity index (χ1n) is 11.4. The van der Waals surface area contributed by atoms with Crippen LogP contribution in [0.2, 0.25) is 0 Å². The molecule has 3 unspecified atom stereocenters. The normalized spacial score (nSPS) is 22.0. The van der Waals surface area contributed by atoms with Crippen molar-refractivity contribution in [1.82, 2.24) is 4.90 Å². The van der Waals surface area contributed by atoms with Crippen molar-refractivity contribution in [2.45, 2.75) is 31.5 Å². The summed E-state index contributed by atoms with van der Waals surface area (Å²) in [7, 11) is 2.18. The number of likely N-dealkylation sites (tertiary alicyclic amines) is 1. The fourth-order valence-corrected chi connectivity index (χ4v) is 4.92. The van der Waals surface area contributed by atoms with E-state index < -0.39 is 6.10 Å². The van der Waals surface area contributed by atoms with Gasteiger partial charge >= 0.3 is 0 Å². The highest BCUT2D eigenvalue weighted by molar-refractivity contribution is 5.88. The van der Waals surface area contributed by atoms with Crippen LogP contribution in [0.1, 0.15) is 41.7 Å². The average Bonchev–Trinajstić information content (AvgIpc) is 2.83. The van der Waals surface area contributed by atoms with E-state index in [1.54, 1.807) is 0 Å². The van der Waals surface area contributed by atoms with Crippen molar-refractivity contribution in [3.8, 4) is 11.5 Å². The monoisotopic (exact) mass is 427 g/mol. The number of rotatable bonds is 5. The number of Topliss-reactive ketones (excluding diaryl/α,β-unsaturated/α-hetero) is 1. The van der Waals surface area contributed by atoms with Gasteiger partial charge in [0.1, 0.15) is 17.6 Å².